The normalized spacial score (nSPS) is 16.5. The van der Waals surface area contributed by atoms with Gasteiger partial charge in [0, 0.05) is 41.5 Å². The van der Waals surface area contributed by atoms with Crippen LogP contribution in [-0.2, 0) is 9.47 Å². The van der Waals surface area contributed by atoms with Crippen molar-refractivity contribution in [2.75, 3.05) is 13.2 Å². The number of hydrogen-bond acceptors (Lipinski definition) is 9. The van der Waals surface area contributed by atoms with Gasteiger partial charge in [-0.15, -0.1) is 0 Å². The first-order valence-electron chi connectivity index (χ1n) is 14.5. The minimum absolute atomic E-state index is 0.286. The minimum Gasteiger partial charge on any atom is -0.475 e. The SMILES string of the molecule is CC1(C)COC(c2cncc(-c3nc(-c4ccc(-c5ccccc5)cc4)nc(-c4cncc(C5=NC(C)(C)CO5)c4)n3)c2)=N1. The molecule has 44 heavy (non-hydrogen) atoms. The highest BCUT2D eigenvalue weighted by molar-refractivity contribution is 5.97. The molecule has 0 fully saturated rings. The molecule has 3 aromatic heterocycles. The predicted molar refractivity (Wildman–Crippen MR) is 170 cm³/mol. The van der Waals surface area contributed by atoms with E-state index in [1.165, 1.54) is 0 Å². The Morgan fingerprint density at radius 1 is 0.477 bits per heavy atom. The average Bonchev–Trinajstić information content (AvgIpc) is 3.62. The van der Waals surface area contributed by atoms with Crippen LogP contribution in [0.5, 0.6) is 0 Å². The molecule has 5 aromatic rings. The van der Waals surface area contributed by atoms with Crippen molar-refractivity contribution in [2.45, 2.75) is 38.8 Å². The number of aliphatic imine (C=N–C) groups is 2. The topological polar surface area (TPSA) is 108 Å². The standard InChI is InChI=1S/C35H31N7O2/c1-34(2)20-43-32(41-34)27-14-25(16-36-18-27)30-38-29(24-12-10-23(11-13-24)22-8-6-5-7-9-22)39-31(40-30)26-15-28(19-37-17-26)33-42-35(3,4)21-44-33/h5-19H,20-21H2,1-4H3. The van der Waals surface area contributed by atoms with E-state index in [2.05, 4.69) is 34.2 Å². The highest BCUT2D eigenvalue weighted by Crippen LogP contribution is 2.29. The van der Waals surface area contributed by atoms with Gasteiger partial charge in [-0.25, -0.2) is 24.9 Å². The van der Waals surface area contributed by atoms with Crippen LogP contribution in [0.4, 0.5) is 0 Å². The molecular weight excluding hydrogens is 550 g/mol. The Morgan fingerprint density at radius 3 is 1.34 bits per heavy atom. The van der Waals surface area contributed by atoms with Crippen molar-refractivity contribution in [2.24, 2.45) is 9.98 Å². The van der Waals surface area contributed by atoms with Gasteiger partial charge < -0.3 is 9.47 Å². The minimum atomic E-state index is -0.286. The quantitative estimate of drug-likeness (QED) is 0.227. The summed E-state index contributed by atoms with van der Waals surface area (Å²) in [7, 11) is 0. The molecule has 2 aliphatic rings. The van der Waals surface area contributed by atoms with Crippen LogP contribution < -0.4 is 0 Å². The van der Waals surface area contributed by atoms with Crippen LogP contribution in [0.3, 0.4) is 0 Å². The Morgan fingerprint density at radius 2 is 0.886 bits per heavy atom. The molecule has 9 nitrogen and oxygen atoms in total. The van der Waals surface area contributed by atoms with Gasteiger partial charge >= 0.3 is 0 Å². The van der Waals surface area contributed by atoms with E-state index >= 15 is 0 Å². The lowest BCUT2D eigenvalue weighted by Crippen LogP contribution is -2.17. The number of rotatable bonds is 6. The summed E-state index contributed by atoms with van der Waals surface area (Å²) in [5, 5.41) is 0. The molecule has 0 unspecified atom stereocenters. The van der Waals surface area contributed by atoms with E-state index in [1.807, 2.05) is 70.2 Å². The Kier molecular flexibility index (Phi) is 6.73. The highest BCUT2D eigenvalue weighted by atomic mass is 16.5. The van der Waals surface area contributed by atoms with E-state index in [1.54, 1.807) is 24.8 Å². The van der Waals surface area contributed by atoms with Crippen LogP contribution in [0.25, 0.3) is 45.3 Å². The van der Waals surface area contributed by atoms with Gasteiger partial charge in [0.25, 0.3) is 0 Å². The summed E-state index contributed by atoms with van der Waals surface area (Å²) in [6.45, 7) is 9.18. The third-order valence-corrected chi connectivity index (χ3v) is 7.31. The molecule has 0 aliphatic carbocycles. The van der Waals surface area contributed by atoms with Crippen molar-refractivity contribution in [1.82, 2.24) is 24.9 Å². The Bertz CT molecular complexity index is 1820. The highest BCUT2D eigenvalue weighted by Gasteiger charge is 2.29. The van der Waals surface area contributed by atoms with Crippen molar-refractivity contribution in [3.05, 3.63) is 103 Å². The molecule has 218 valence electrons. The molecule has 0 atom stereocenters. The molecule has 9 heteroatoms. The molecule has 7 rings (SSSR count). The van der Waals surface area contributed by atoms with Crippen LogP contribution in [-0.4, -0.2) is 61.0 Å². The van der Waals surface area contributed by atoms with Crippen LogP contribution >= 0.6 is 0 Å². The van der Waals surface area contributed by atoms with Gasteiger partial charge in [0.2, 0.25) is 11.8 Å². The van der Waals surface area contributed by atoms with Gasteiger partial charge in [-0.05, 0) is 51.0 Å². The van der Waals surface area contributed by atoms with Crippen LogP contribution in [0.15, 0.2) is 102 Å². The zero-order chi connectivity index (χ0) is 30.3. The molecule has 0 N–H and O–H groups in total. The van der Waals surface area contributed by atoms with Gasteiger partial charge in [0.1, 0.15) is 13.2 Å². The number of hydrogen-bond donors (Lipinski definition) is 0. The first-order chi connectivity index (χ1) is 21.2. The Hall–Kier alpha value is -5.31. The molecule has 5 heterocycles. The Labute approximate surface area is 255 Å². The molecule has 0 bridgehead atoms. The lowest BCUT2D eigenvalue weighted by atomic mass is 10.0. The number of aromatic nitrogens is 5. The smallest absolute Gasteiger partial charge is 0.218 e. The van der Waals surface area contributed by atoms with Crippen molar-refractivity contribution in [3.8, 4) is 45.3 Å². The molecule has 0 amide bonds. The number of nitrogens with zero attached hydrogens (tertiary/aromatic N) is 7. The average molecular weight is 582 g/mol. The molecule has 0 saturated heterocycles. The summed E-state index contributed by atoms with van der Waals surface area (Å²) in [6, 6.07) is 22.4. The van der Waals surface area contributed by atoms with E-state index in [4.69, 9.17) is 34.4 Å². The van der Waals surface area contributed by atoms with Crippen molar-refractivity contribution < 1.29 is 9.47 Å². The van der Waals surface area contributed by atoms with E-state index in [0.717, 1.165) is 38.9 Å². The fraction of sp³-hybridized carbons (Fsp3) is 0.229. The van der Waals surface area contributed by atoms with E-state index < -0.39 is 0 Å². The van der Waals surface area contributed by atoms with E-state index in [0.29, 0.717) is 42.5 Å². The Balaban J connectivity index is 1.32. The largest absolute Gasteiger partial charge is 0.475 e. The van der Waals surface area contributed by atoms with Crippen LogP contribution in [0, 0.1) is 0 Å². The monoisotopic (exact) mass is 581 g/mol. The third kappa shape index (κ3) is 5.68. The van der Waals surface area contributed by atoms with Crippen molar-refractivity contribution in [1.29, 1.82) is 0 Å². The summed E-state index contributed by atoms with van der Waals surface area (Å²) < 4.78 is 11.8. The summed E-state index contributed by atoms with van der Waals surface area (Å²) in [6.07, 6.45) is 6.96. The third-order valence-electron chi connectivity index (χ3n) is 7.31. The van der Waals surface area contributed by atoms with Crippen molar-refractivity contribution in [3.63, 3.8) is 0 Å². The van der Waals surface area contributed by atoms with Crippen molar-refractivity contribution >= 4 is 11.8 Å². The first-order valence-corrected chi connectivity index (χ1v) is 14.5. The maximum Gasteiger partial charge on any atom is 0.218 e. The van der Waals surface area contributed by atoms with Gasteiger partial charge in [0.15, 0.2) is 17.5 Å². The van der Waals surface area contributed by atoms with Gasteiger partial charge in [-0.3, -0.25) is 9.97 Å². The van der Waals surface area contributed by atoms with Crippen LogP contribution in [0.2, 0.25) is 0 Å². The second-order valence-corrected chi connectivity index (χ2v) is 12.2. The predicted octanol–water partition coefficient (Wildman–Crippen LogP) is 6.44. The zero-order valence-electron chi connectivity index (χ0n) is 25.0. The number of ether oxygens (including phenoxy) is 2. The number of benzene rings is 2. The zero-order valence-corrected chi connectivity index (χ0v) is 25.0. The van der Waals surface area contributed by atoms with Crippen LogP contribution in [0.1, 0.15) is 38.8 Å². The summed E-state index contributed by atoms with van der Waals surface area (Å²) in [5.41, 5.74) is 5.52. The van der Waals surface area contributed by atoms with E-state index in [9.17, 15) is 0 Å². The van der Waals surface area contributed by atoms with Gasteiger partial charge in [0.05, 0.1) is 22.2 Å². The lowest BCUT2D eigenvalue weighted by Gasteiger charge is -2.10. The summed E-state index contributed by atoms with van der Waals surface area (Å²) in [5.74, 6) is 2.61. The first kappa shape index (κ1) is 27.5. The van der Waals surface area contributed by atoms with Gasteiger partial charge in [-0.2, -0.15) is 0 Å². The molecular formula is C35H31N7O2. The maximum atomic E-state index is 5.88. The summed E-state index contributed by atoms with van der Waals surface area (Å²) in [4.78, 5) is 33.1. The fourth-order valence-corrected chi connectivity index (χ4v) is 5.03. The second-order valence-electron chi connectivity index (χ2n) is 12.2. The number of pyridine rings is 2. The summed E-state index contributed by atoms with van der Waals surface area (Å²) >= 11 is 0. The molecule has 0 saturated carbocycles. The molecule has 0 radical (unpaired) electrons. The molecule has 2 aliphatic heterocycles. The van der Waals surface area contributed by atoms with E-state index in [-0.39, 0.29) is 11.1 Å². The molecule has 2 aromatic carbocycles. The lowest BCUT2D eigenvalue weighted by molar-refractivity contribution is 0.279. The fourth-order valence-electron chi connectivity index (χ4n) is 5.03. The molecule has 0 spiro atoms. The van der Waals surface area contributed by atoms with Gasteiger partial charge in [-0.1, -0.05) is 54.6 Å². The maximum absolute atomic E-state index is 5.88. The second kappa shape index (κ2) is 10.8.